The molecule has 0 unspecified atom stereocenters. The van der Waals surface area contributed by atoms with Crippen LogP contribution in [0.3, 0.4) is 0 Å². The lowest BCUT2D eigenvalue weighted by atomic mass is 9.98. The smallest absolute Gasteiger partial charge is 0.251 e. The Balaban J connectivity index is 1.36. The summed E-state index contributed by atoms with van der Waals surface area (Å²) in [5, 5.41) is 3.11. The first-order valence-corrected chi connectivity index (χ1v) is 11.5. The van der Waals surface area contributed by atoms with Gasteiger partial charge in [0.25, 0.3) is 5.91 Å². The van der Waals surface area contributed by atoms with Crippen molar-refractivity contribution in [3.05, 3.63) is 65.2 Å². The molecule has 31 heavy (non-hydrogen) atoms. The maximum absolute atomic E-state index is 12.8. The second-order valence-electron chi connectivity index (χ2n) is 9.08. The van der Waals surface area contributed by atoms with Crippen molar-refractivity contribution in [1.29, 1.82) is 0 Å². The molecule has 0 saturated carbocycles. The number of rotatable bonds is 6. The molecule has 2 aromatic carbocycles. The van der Waals surface area contributed by atoms with E-state index in [0.717, 1.165) is 43.1 Å². The van der Waals surface area contributed by atoms with Gasteiger partial charge in [-0.05, 0) is 67.5 Å². The average molecular weight is 420 g/mol. The van der Waals surface area contributed by atoms with Gasteiger partial charge in [-0.15, -0.1) is 0 Å². The second kappa shape index (κ2) is 9.54. The molecule has 2 saturated heterocycles. The Morgan fingerprint density at radius 2 is 1.84 bits per heavy atom. The monoisotopic (exact) mass is 419 g/mol. The Hall–Kier alpha value is -2.82. The van der Waals surface area contributed by atoms with Crippen LogP contribution >= 0.6 is 0 Å². The van der Waals surface area contributed by atoms with Crippen LogP contribution in [-0.4, -0.2) is 36.3 Å². The molecule has 0 bridgehead atoms. The van der Waals surface area contributed by atoms with Crippen molar-refractivity contribution in [3.63, 3.8) is 0 Å². The molecule has 1 N–H and O–H groups in total. The van der Waals surface area contributed by atoms with Crippen LogP contribution in [0, 0.1) is 5.92 Å². The summed E-state index contributed by atoms with van der Waals surface area (Å²) in [6, 6.07) is 16.1. The van der Waals surface area contributed by atoms with Gasteiger partial charge in [0.2, 0.25) is 5.91 Å². The quantitative estimate of drug-likeness (QED) is 0.748. The van der Waals surface area contributed by atoms with Crippen molar-refractivity contribution in [2.75, 3.05) is 24.5 Å². The van der Waals surface area contributed by atoms with Crippen LogP contribution in [0.25, 0.3) is 0 Å². The normalized spacial score (nSPS) is 18.3. The molecule has 0 radical (unpaired) electrons. The summed E-state index contributed by atoms with van der Waals surface area (Å²) >= 11 is 0. The summed E-state index contributed by atoms with van der Waals surface area (Å²) < 4.78 is 0. The summed E-state index contributed by atoms with van der Waals surface area (Å²) in [7, 11) is 0. The molecule has 2 aromatic rings. The van der Waals surface area contributed by atoms with Crippen LogP contribution in [0.15, 0.2) is 48.5 Å². The average Bonchev–Trinajstić information content (AvgIpc) is 3.19. The number of amides is 2. The number of anilines is 1. The minimum atomic E-state index is -0.0869. The minimum Gasteiger partial charge on any atom is -0.372 e. The topological polar surface area (TPSA) is 52.7 Å². The van der Waals surface area contributed by atoms with E-state index in [9.17, 15) is 9.59 Å². The first-order valence-electron chi connectivity index (χ1n) is 11.5. The van der Waals surface area contributed by atoms with Gasteiger partial charge in [0, 0.05) is 43.9 Å². The predicted molar refractivity (Wildman–Crippen MR) is 124 cm³/mol. The van der Waals surface area contributed by atoms with Crippen LogP contribution in [-0.2, 0) is 11.3 Å². The Bertz CT molecular complexity index is 917. The number of carbonyl (C=O) groups excluding carboxylic acids is 2. The molecule has 4 rings (SSSR count). The highest BCUT2D eigenvalue weighted by atomic mass is 16.2. The molecule has 0 aliphatic carbocycles. The number of nitrogens with one attached hydrogen (secondary N) is 1. The van der Waals surface area contributed by atoms with Crippen LogP contribution in [0.4, 0.5) is 5.69 Å². The van der Waals surface area contributed by atoms with Gasteiger partial charge < -0.3 is 15.1 Å². The minimum absolute atomic E-state index is 0.0771. The molecule has 5 heteroatoms. The first kappa shape index (κ1) is 21.4. The van der Waals surface area contributed by atoms with Gasteiger partial charge in [0.05, 0.1) is 6.04 Å². The third-order valence-electron chi connectivity index (χ3n) is 6.62. The number of benzene rings is 2. The van der Waals surface area contributed by atoms with Crippen LogP contribution in [0.1, 0.15) is 67.1 Å². The lowest BCUT2D eigenvalue weighted by Crippen LogP contribution is -2.32. The van der Waals surface area contributed by atoms with Crippen molar-refractivity contribution in [1.82, 2.24) is 10.2 Å². The first-order chi connectivity index (χ1) is 15.0. The molecule has 1 atom stereocenters. The molecule has 5 nitrogen and oxygen atoms in total. The SMILES string of the molecule is CC1CCN(c2ccc([C@@H](C)NC(=O)c3cccc(CN4CCCC4=O)c3)cc2)CC1. The van der Waals surface area contributed by atoms with E-state index in [1.807, 2.05) is 36.1 Å². The molecular formula is C26H33N3O2. The Labute approximate surface area is 185 Å². The van der Waals surface area contributed by atoms with Crippen LogP contribution < -0.4 is 10.2 Å². The lowest BCUT2D eigenvalue weighted by Gasteiger charge is -2.32. The molecule has 2 amide bonds. The molecule has 2 aliphatic heterocycles. The number of carbonyl (C=O) groups is 2. The zero-order valence-electron chi connectivity index (χ0n) is 18.6. The van der Waals surface area contributed by atoms with E-state index in [1.54, 1.807) is 0 Å². The number of nitrogens with zero attached hydrogens (tertiary/aromatic N) is 2. The predicted octanol–water partition coefficient (Wildman–Crippen LogP) is 4.54. The highest BCUT2D eigenvalue weighted by molar-refractivity contribution is 5.94. The van der Waals surface area contributed by atoms with Gasteiger partial charge in [0.15, 0.2) is 0 Å². The lowest BCUT2D eigenvalue weighted by molar-refractivity contribution is -0.128. The van der Waals surface area contributed by atoms with Gasteiger partial charge in [-0.2, -0.15) is 0 Å². The van der Waals surface area contributed by atoms with Crippen molar-refractivity contribution in [2.24, 2.45) is 5.92 Å². The Morgan fingerprint density at radius 3 is 2.52 bits per heavy atom. The summed E-state index contributed by atoms with van der Waals surface area (Å²) in [5.41, 5.74) is 3.99. The van der Waals surface area contributed by atoms with E-state index < -0.39 is 0 Å². The van der Waals surface area contributed by atoms with Gasteiger partial charge in [-0.25, -0.2) is 0 Å². The van der Waals surface area contributed by atoms with E-state index in [4.69, 9.17) is 0 Å². The fourth-order valence-corrected chi connectivity index (χ4v) is 4.51. The van der Waals surface area contributed by atoms with E-state index in [-0.39, 0.29) is 17.9 Å². The highest BCUT2D eigenvalue weighted by Crippen LogP contribution is 2.25. The summed E-state index contributed by atoms with van der Waals surface area (Å²) in [4.78, 5) is 29.0. The van der Waals surface area contributed by atoms with Crippen LogP contribution in [0.5, 0.6) is 0 Å². The fraction of sp³-hybridized carbons (Fsp3) is 0.462. The standard InChI is InChI=1S/C26H33N3O2/c1-19-12-15-28(16-13-19)24-10-8-22(9-11-24)20(2)27-26(31)23-6-3-5-21(17-23)18-29-14-4-7-25(29)30/h3,5-6,8-11,17,19-20H,4,7,12-16,18H2,1-2H3,(H,27,31)/t20-/m1/s1. The second-order valence-corrected chi connectivity index (χ2v) is 9.08. The van der Waals surface area contributed by atoms with Gasteiger partial charge in [0.1, 0.15) is 0 Å². The Morgan fingerprint density at radius 1 is 1.10 bits per heavy atom. The van der Waals surface area contributed by atoms with Crippen molar-refractivity contribution >= 4 is 17.5 Å². The van der Waals surface area contributed by atoms with Crippen molar-refractivity contribution < 1.29 is 9.59 Å². The fourth-order valence-electron chi connectivity index (χ4n) is 4.51. The number of piperidine rings is 1. The highest BCUT2D eigenvalue weighted by Gasteiger charge is 2.21. The van der Waals surface area contributed by atoms with Crippen molar-refractivity contribution in [2.45, 2.75) is 52.1 Å². The number of likely N-dealkylation sites (tertiary alicyclic amines) is 1. The number of hydrogen-bond donors (Lipinski definition) is 1. The summed E-state index contributed by atoms with van der Waals surface area (Å²) in [6.45, 7) is 7.96. The largest absolute Gasteiger partial charge is 0.372 e. The Kier molecular flexibility index (Phi) is 6.59. The molecule has 2 fully saturated rings. The van der Waals surface area contributed by atoms with Crippen molar-refractivity contribution in [3.8, 4) is 0 Å². The third kappa shape index (κ3) is 5.27. The molecule has 164 valence electrons. The molecular weight excluding hydrogens is 386 g/mol. The third-order valence-corrected chi connectivity index (χ3v) is 6.62. The molecule has 2 aliphatic rings. The maximum Gasteiger partial charge on any atom is 0.251 e. The van der Waals surface area contributed by atoms with Gasteiger partial charge in [-0.1, -0.05) is 31.2 Å². The zero-order valence-corrected chi connectivity index (χ0v) is 18.6. The van der Waals surface area contributed by atoms with Crippen LogP contribution in [0.2, 0.25) is 0 Å². The molecule has 0 spiro atoms. The summed E-state index contributed by atoms with van der Waals surface area (Å²) in [5.74, 6) is 0.933. The maximum atomic E-state index is 12.8. The van der Waals surface area contributed by atoms with E-state index in [1.165, 1.54) is 18.5 Å². The van der Waals surface area contributed by atoms with E-state index in [2.05, 4.69) is 41.4 Å². The van der Waals surface area contributed by atoms with E-state index >= 15 is 0 Å². The molecule has 0 aromatic heterocycles. The van der Waals surface area contributed by atoms with E-state index in [0.29, 0.717) is 18.5 Å². The molecule has 2 heterocycles. The number of hydrogen-bond acceptors (Lipinski definition) is 3. The zero-order chi connectivity index (χ0) is 21.8. The van der Waals surface area contributed by atoms with Gasteiger partial charge >= 0.3 is 0 Å². The van der Waals surface area contributed by atoms with Gasteiger partial charge in [-0.3, -0.25) is 9.59 Å². The summed E-state index contributed by atoms with van der Waals surface area (Å²) in [6.07, 6.45) is 4.05.